The first-order valence-electron chi connectivity index (χ1n) is 5.73. The monoisotopic (exact) mass is 204 g/mol. The maximum atomic E-state index is 9.12. The summed E-state index contributed by atoms with van der Waals surface area (Å²) < 4.78 is 0. The summed E-state index contributed by atoms with van der Waals surface area (Å²) in [5.41, 5.74) is 2.80. The van der Waals surface area contributed by atoms with Gasteiger partial charge in [0.05, 0.1) is 6.61 Å². The minimum absolute atomic E-state index is 0.0947. The lowest BCUT2D eigenvalue weighted by Gasteiger charge is -2.56. The van der Waals surface area contributed by atoms with Crippen LogP contribution in [0.2, 0.25) is 0 Å². The minimum Gasteiger partial charge on any atom is -0.392 e. The van der Waals surface area contributed by atoms with Gasteiger partial charge in [0.2, 0.25) is 0 Å². The van der Waals surface area contributed by atoms with Crippen LogP contribution in [0.15, 0.2) is 36.0 Å². The smallest absolute Gasteiger partial charge is 0.0681 e. The summed E-state index contributed by atoms with van der Waals surface area (Å²) in [7, 11) is 0. The molecule has 3 rings (SSSR count). The van der Waals surface area contributed by atoms with Crippen LogP contribution in [0.5, 0.6) is 0 Å². The molecule has 0 spiro atoms. The van der Waals surface area contributed by atoms with Gasteiger partial charge in [0, 0.05) is 0 Å². The highest BCUT2D eigenvalue weighted by Crippen LogP contribution is 2.59. The van der Waals surface area contributed by atoms with Crippen molar-refractivity contribution in [1.29, 1.82) is 0 Å². The molecule has 2 atom stereocenters. The van der Waals surface area contributed by atoms with Crippen molar-refractivity contribution in [3.8, 4) is 0 Å². The van der Waals surface area contributed by atoms with Crippen LogP contribution in [0, 0.1) is 17.3 Å². The highest BCUT2D eigenvalue weighted by molar-refractivity contribution is 5.36. The number of hydrogen-bond acceptors (Lipinski definition) is 1. The molecule has 0 heterocycles. The molecule has 0 aliphatic heterocycles. The number of aliphatic hydroxyl groups is 1. The second-order valence-corrected chi connectivity index (χ2v) is 5.33. The quantitative estimate of drug-likeness (QED) is 0.700. The normalized spacial score (nSPS) is 33.0. The van der Waals surface area contributed by atoms with Gasteiger partial charge in [0.1, 0.15) is 0 Å². The van der Waals surface area contributed by atoms with Gasteiger partial charge in [-0.25, -0.2) is 0 Å². The number of fused-ring (bicyclic) bond motifs is 1. The van der Waals surface area contributed by atoms with Crippen molar-refractivity contribution in [2.24, 2.45) is 17.3 Å². The van der Waals surface area contributed by atoms with Crippen molar-refractivity contribution < 1.29 is 5.11 Å². The third kappa shape index (κ3) is 1.59. The number of hydrogen-bond donors (Lipinski definition) is 1. The molecule has 1 saturated carbocycles. The molecular weight excluding hydrogens is 184 g/mol. The average Bonchev–Trinajstić information content (AvgIpc) is 2.25. The van der Waals surface area contributed by atoms with Crippen molar-refractivity contribution in [3.05, 3.63) is 36.0 Å². The Hall–Kier alpha value is -0.820. The Balaban J connectivity index is 2.21. The molecule has 0 aromatic heterocycles. The molecule has 1 heteroatoms. The zero-order valence-corrected chi connectivity index (χ0v) is 9.66. The van der Waals surface area contributed by atoms with Crippen LogP contribution in [0.25, 0.3) is 0 Å². The molecule has 1 nitrogen and oxygen atoms in total. The van der Waals surface area contributed by atoms with Crippen LogP contribution in [-0.2, 0) is 0 Å². The van der Waals surface area contributed by atoms with E-state index in [1.807, 2.05) is 0 Å². The number of allylic oxidation sites excluding steroid dienone is 3. The van der Waals surface area contributed by atoms with E-state index in [0.29, 0.717) is 11.3 Å². The summed E-state index contributed by atoms with van der Waals surface area (Å²) in [5.74, 6) is 1.57. The van der Waals surface area contributed by atoms with Crippen LogP contribution in [0.1, 0.15) is 26.7 Å². The van der Waals surface area contributed by atoms with Crippen LogP contribution in [-0.4, -0.2) is 11.7 Å². The van der Waals surface area contributed by atoms with Crippen LogP contribution in [0.4, 0.5) is 0 Å². The standard InChI is InChI=1S/C14H20O/c1-4-10(9-15)7-11-5-6-12-8-13(11)14(12,2)3/h4-5,7,12-13,15H,1,6,8-9H2,2-3H3/t12-,13-/m0/s1. The van der Waals surface area contributed by atoms with Gasteiger partial charge < -0.3 is 5.11 Å². The van der Waals surface area contributed by atoms with Gasteiger partial charge in [-0.2, -0.15) is 0 Å². The third-order valence-corrected chi connectivity index (χ3v) is 4.31. The van der Waals surface area contributed by atoms with Gasteiger partial charge in [0.15, 0.2) is 0 Å². The number of aliphatic hydroxyl groups excluding tert-OH is 1. The molecular formula is C14H20O. The lowest BCUT2D eigenvalue weighted by atomic mass is 9.49. The zero-order valence-electron chi connectivity index (χ0n) is 9.66. The van der Waals surface area contributed by atoms with Gasteiger partial charge in [0.25, 0.3) is 0 Å². The highest BCUT2D eigenvalue weighted by atomic mass is 16.3. The van der Waals surface area contributed by atoms with Crippen molar-refractivity contribution in [2.45, 2.75) is 26.7 Å². The Kier molecular flexibility index (Phi) is 2.59. The maximum Gasteiger partial charge on any atom is 0.0681 e. The predicted octanol–water partition coefficient (Wildman–Crippen LogP) is 3.08. The molecule has 0 aromatic carbocycles. The van der Waals surface area contributed by atoms with Gasteiger partial charge >= 0.3 is 0 Å². The SMILES string of the molecule is C=CC(=CC1=CC[C@H]2C[C@@H]1C2(C)C)CO. The van der Waals surface area contributed by atoms with E-state index >= 15 is 0 Å². The van der Waals surface area contributed by atoms with Gasteiger partial charge in [-0.05, 0) is 41.2 Å². The molecule has 0 saturated heterocycles. The molecule has 0 unspecified atom stereocenters. The van der Waals surface area contributed by atoms with E-state index in [0.717, 1.165) is 11.5 Å². The Morgan fingerprint density at radius 1 is 1.67 bits per heavy atom. The Labute approximate surface area is 92.2 Å². The average molecular weight is 204 g/mol. The molecule has 0 radical (unpaired) electrons. The largest absolute Gasteiger partial charge is 0.392 e. The summed E-state index contributed by atoms with van der Waals surface area (Å²) in [6.07, 6.45) is 8.73. The maximum absolute atomic E-state index is 9.12. The molecule has 0 amide bonds. The first-order valence-corrected chi connectivity index (χ1v) is 5.73. The fourth-order valence-corrected chi connectivity index (χ4v) is 2.94. The first kappa shape index (κ1) is 10.7. The van der Waals surface area contributed by atoms with E-state index < -0.39 is 0 Å². The first-order chi connectivity index (χ1) is 7.09. The second-order valence-electron chi connectivity index (χ2n) is 5.33. The Morgan fingerprint density at radius 2 is 2.40 bits per heavy atom. The van der Waals surface area contributed by atoms with Gasteiger partial charge in [-0.15, -0.1) is 0 Å². The second kappa shape index (κ2) is 3.64. The van der Waals surface area contributed by atoms with E-state index in [1.165, 1.54) is 18.4 Å². The van der Waals surface area contributed by atoms with E-state index in [-0.39, 0.29) is 6.61 Å². The van der Waals surface area contributed by atoms with Crippen LogP contribution >= 0.6 is 0 Å². The van der Waals surface area contributed by atoms with Gasteiger partial charge in [-0.3, -0.25) is 0 Å². The zero-order chi connectivity index (χ0) is 11.1. The minimum atomic E-state index is 0.0947. The van der Waals surface area contributed by atoms with E-state index in [4.69, 9.17) is 5.11 Å². The van der Waals surface area contributed by atoms with Crippen LogP contribution in [0.3, 0.4) is 0 Å². The van der Waals surface area contributed by atoms with E-state index in [9.17, 15) is 0 Å². The molecule has 15 heavy (non-hydrogen) atoms. The molecule has 82 valence electrons. The van der Waals surface area contributed by atoms with Crippen molar-refractivity contribution in [2.75, 3.05) is 6.61 Å². The lowest BCUT2D eigenvalue weighted by Crippen LogP contribution is -2.47. The lowest BCUT2D eigenvalue weighted by molar-refractivity contribution is -0.00337. The summed E-state index contributed by atoms with van der Waals surface area (Å²) in [4.78, 5) is 0. The fourth-order valence-electron chi connectivity index (χ4n) is 2.94. The summed E-state index contributed by atoms with van der Waals surface area (Å²) >= 11 is 0. The summed E-state index contributed by atoms with van der Waals surface area (Å²) in [5, 5.41) is 9.12. The van der Waals surface area contributed by atoms with E-state index in [1.54, 1.807) is 6.08 Å². The molecule has 3 aliphatic rings. The molecule has 1 N–H and O–H groups in total. The molecule has 1 fully saturated rings. The Morgan fingerprint density at radius 3 is 2.87 bits per heavy atom. The molecule has 3 aliphatic carbocycles. The van der Waals surface area contributed by atoms with Crippen molar-refractivity contribution in [1.82, 2.24) is 0 Å². The van der Waals surface area contributed by atoms with E-state index in [2.05, 4.69) is 32.6 Å². The molecule has 2 bridgehead atoms. The highest BCUT2D eigenvalue weighted by Gasteiger charge is 2.50. The fraction of sp³-hybridized carbons (Fsp3) is 0.571. The van der Waals surface area contributed by atoms with Crippen molar-refractivity contribution >= 4 is 0 Å². The van der Waals surface area contributed by atoms with Crippen LogP contribution < -0.4 is 0 Å². The predicted molar refractivity (Wildman–Crippen MR) is 63.4 cm³/mol. The summed E-state index contributed by atoms with van der Waals surface area (Å²) in [6.45, 7) is 8.53. The van der Waals surface area contributed by atoms with Crippen molar-refractivity contribution in [3.63, 3.8) is 0 Å². The number of rotatable bonds is 3. The van der Waals surface area contributed by atoms with Gasteiger partial charge in [-0.1, -0.05) is 38.7 Å². The summed E-state index contributed by atoms with van der Waals surface area (Å²) in [6, 6.07) is 0. The molecule has 0 aromatic rings. The Bertz CT molecular complexity index is 333. The third-order valence-electron chi connectivity index (χ3n) is 4.31. The topological polar surface area (TPSA) is 20.2 Å².